The normalized spacial score (nSPS) is 10.4. The van der Waals surface area contributed by atoms with Gasteiger partial charge in [-0.2, -0.15) is 0 Å². The molecule has 9 nitrogen and oxygen atoms in total. The lowest BCUT2D eigenvalue weighted by Gasteiger charge is -2.08. The first-order valence-electron chi connectivity index (χ1n) is 8.82. The maximum atomic E-state index is 12.2. The fourth-order valence-corrected chi connectivity index (χ4v) is 3.15. The van der Waals surface area contributed by atoms with Crippen molar-refractivity contribution >= 4 is 23.6 Å². The van der Waals surface area contributed by atoms with Crippen LogP contribution < -0.4 is 15.6 Å². The number of pyridine rings is 1. The number of hydrogen-bond donors (Lipinski definition) is 2. The number of thioether (sulfide) groups is 1. The summed E-state index contributed by atoms with van der Waals surface area (Å²) in [6.07, 6.45) is 3.03. The van der Waals surface area contributed by atoms with E-state index in [0.29, 0.717) is 29.4 Å². The van der Waals surface area contributed by atoms with Gasteiger partial charge in [-0.15, -0.1) is 10.2 Å². The highest BCUT2D eigenvalue weighted by Crippen LogP contribution is 2.20. The van der Waals surface area contributed by atoms with Gasteiger partial charge in [0.1, 0.15) is 6.33 Å². The minimum Gasteiger partial charge on any atom is -0.478 e. The molecule has 2 aromatic heterocycles. The van der Waals surface area contributed by atoms with Crippen LogP contribution in [0.3, 0.4) is 0 Å². The standard InChI is InChI=1S/C19H20N6O3S/c1-3-28-16-9-8-15(10-20-16)18(27)23-22-17(26)14-6-4-13(5-7-14)11-29-19-24-21-12-25(19)2/h4-10,12H,3,11H2,1-2H3,(H,22,26)(H,23,27). The summed E-state index contributed by atoms with van der Waals surface area (Å²) < 4.78 is 7.07. The number of hydrogen-bond acceptors (Lipinski definition) is 7. The molecule has 0 aliphatic heterocycles. The van der Waals surface area contributed by atoms with Crippen molar-refractivity contribution in [3.05, 3.63) is 65.6 Å². The van der Waals surface area contributed by atoms with Crippen LogP contribution in [0.1, 0.15) is 33.2 Å². The second-order valence-corrected chi connectivity index (χ2v) is 6.88. The minimum atomic E-state index is -0.467. The zero-order valence-electron chi connectivity index (χ0n) is 16.0. The Kier molecular flexibility index (Phi) is 6.80. The Morgan fingerprint density at radius 2 is 1.76 bits per heavy atom. The molecule has 3 rings (SSSR count). The Hall–Kier alpha value is -3.40. The van der Waals surface area contributed by atoms with E-state index < -0.39 is 11.8 Å². The lowest BCUT2D eigenvalue weighted by molar-refractivity contribution is 0.0846. The maximum absolute atomic E-state index is 12.2. The van der Waals surface area contributed by atoms with Gasteiger partial charge >= 0.3 is 0 Å². The first kappa shape index (κ1) is 20.3. The molecule has 0 spiro atoms. The highest BCUT2D eigenvalue weighted by atomic mass is 32.2. The minimum absolute atomic E-state index is 0.310. The first-order chi connectivity index (χ1) is 14.1. The SMILES string of the molecule is CCOc1ccc(C(=O)NNC(=O)c2ccc(CSc3nncn3C)cc2)cn1. The third-order valence-electron chi connectivity index (χ3n) is 3.83. The van der Waals surface area contributed by atoms with Crippen LogP contribution in [-0.4, -0.2) is 38.2 Å². The highest BCUT2D eigenvalue weighted by molar-refractivity contribution is 7.98. The van der Waals surface area contributed by atoms with Crippen molar-refractivity contribution in [3.8, 4) is 5.88 Å². The van der Waals surface area contributed by atoms with Gasteiger partial charge in [-0.25, -0.2) is 4.98 Å². The van der Waals surface area contributed by atoms with E-state index >= 15 is 0 Å². The molecule has 0 fully saturated rings. The number of aryl methyl sites for hydroxylation is 1. The molecule has 0 bridgehead atoms. The number of nitrogens with zero attached hydrogens (tertiary/aromatic N) is 4. The molecule has 0 saturated carbocycles. The number of ether oxygens (including phenoxy) is 1. The third-order valence-corrected chi connectivity index (χ3v) is 4.94. The molecule has 1 aromatic carbocycles. The summed E-state index contributed by atoms with van der Waals surface area (Å²) in [5.41, 5.74) is 6.55. The van der Waals surface area contributed by atoms with Gasteiger partial charge in [-0.1, -0.05) is 23.9 Å². The van der Waals surface area contributed by atoms with E-state index in [1.165, 1.54) is 6.20 Å². The van der Waals surface area contributed by atoms with E-state index in [-0.39, 0.29) is 0 Å². The predicted molar refractivity (Wildman–Crippen MR) is 107 cm³/mol. The average Bonchev–Trinajstić information content (AvgIpc) is 3.16. The van der Waals surface area contributed by atoms with E-state index in [2.05, 4.69) is 26.0 Å². The smallest absolute Gasteiger partial charge is 0.271 e. The topological polar surface area (TPSA) is 111 Å². The average molecular weight is 412 g/mol. The van der Waals surface area contributed by atoms with E-state index in [1.807, 2.05) is 30.7 Å². The molecule has 10 heteroatoms. The van der Waals surface area contributed by atoms with Crippen LogP contribution >= 0.6 is 11.8 Å². The second-order valence-electron chi connectivity index (χ2n) is 5.94. The van der Waals surface area contributed by atoms with Crippen LogP contribution in [0, 0.1) is 0 Å². The van der Waals surface area contributed by atoms with Gasteiger partial charge in [0, 0.05) is 30.6 Å². The summed E-state index contributed by atoms with van der Waals surface area (Å²) in [4.78, 5) is 28.4. The molecule has 3 aromatic rings. The van der Waals surface area contributed by atoms with Gasteiger partial charge in [0.15, 0.2) is 5.16 Å². The number of rotatable bonds is 7. The largest absolute Gasteiger partial charge is 0.478 e. The quantitative estimate of drug-likeness (QED) is 0.451. The van der Waals surface area contributed by atoms with Crippen molar-refractivity contribution in [3.63, 3.8) is 0 Å². The number of benzene rings is 1. The number of carbonyl (C=O) groups is 2. The maximum Gasteiger partial charge on any atom is 0.271 e. The third kappa shape index (κ3) is 5.55. The zero-order valence-corrected chi connectivity index (χ0v) is 16.8. The van der Waals surface area contributed by atoms with Gasteiger partial charge in [0.05, 0.1) is 12.2 Å². The molecular formula is C19H20N6O3S. The van der Waals surface area contributed by atoms with Crippen molar-refractivity contribution in [2.75, 3.05) is 6.61 Å². The Bertz CT molecular complexity index is 972. The van der Waals surface area contributed by atoms with E-state index in [4.69, 9.17) is 4.74 Å². The lowest BCUT2D eigenvalue weighted by Crippen LogP contribution is -2.41. The summed E-state index contributed by atoms with van der Waals surface area (Å²) in [7, 11) is 1.88. The van der Waals surface area contributed by atoms with Crippen molar-refractivity contribution < 1.29 is 14.3 Å². The van der Waals surface area contributed by atoms with Gasteiger partial charge in [-0.3, -0.25) is 20.4 Å². The van der Waals surface area contributed by atoms with Crippen LogP contribution in [0.15, 0.2) is 54.1 Å². The highest BCUT2D eigenvalue weighted by Gasteiger charge is 2.10. The Balaban J connectivity index is 1.49. The van der Waals surface area contributed by atoms with Crippen LogP contribution in [0.4, 0.5) is 0 Å². The fourth-order valence-electron chi connectivity index (χ4n) is 2.31. The van der Waals surface area contributed by atoms with Crippen molar-refractivity contribution in [1.29, 1.82) is 0 Å². The lowest BCUT2D eigenvalue weighted by atomic mass is 10.1. The monoisotopic (exact) mass is 412 g/mol. The van der Waals surface area contributed by atoms with Crippen LogP contribution in [-0.2, 0) is 12.8 Å². The molecule has 0 saturated heterocycles. The van der Waals surface area contributed by atoms with Gasteiger partial charge in [0.2, 0.25) is 5.88 Å². The molecule has 29 heavy (non-hydrogen) atoms. The first-order valence-corrected chi connectivity index (χ1v) is 9.80. The molecule has 0 aliphatic carbocycles. The Morgan fingerprint density at radius 1 is 1.07 bits per heavy atom. The number of nitrogens with one attached hydrogen (secondary N) is 2. The van der Waals surface area contributed by atoms with E-state index in [0.717, 1.165) is 10.7 Å². The van der Waals surface area contributed by atoms with Crippen LogP contribution in [0.25, 0.3) is 0 Å². The molecular weight excluding hydrogens is 392 g/mol. The van der Waals surface area contributed by atoms with Gasteiger partial charge < -0.3 is 9.30 Å². The van der Waals surface area contributed by atoms with Gasteiger partial charge in [-0.05, 0) is 30.7 Å². The fraction of sp³-hybridized carbons (Fsp3) is 0.211. The molecule has 0 radical (unpaired) electrons. The molecule has 0 aliphatic rings. The van der Waals surface area contributed by atoms with E-state index in [1.54, 1.807) is 42.4 Å². The summed E-state index contributed by atoms with van der Waals surface area (Å²) in [5.74, 6) is 0.261. The number of hydrazine groups is 1. The molecule has 2 heterocycles. The van der Waals surface area contributed by atoms with Crippen molar-refractivity contribution in [1.82, 2.24) is 30.6 Å². The molecule has 0 unspecified atom stereocenters. The molecule has 2 amide bonds. The molecule has 0 atom stereocenters. The van der Waals surface area contributed by atoms with Crippen molar-refractivity contribution in [2.24, 2.45) is 7.05 Å². The van der Waals surface area contributed by atoms with E-state index in [9.17, 15) is 9.59 Å². The zero-order chi connectivity index (χ0) is 20.6. The summed E-state index contributed by atoms with van der Waals surface area (Å²) in [6, 6.07) is 10.3. The Morgan fingerprint density at radius 3 is 2.34 bits per heavy atom. The molecule has 150 valence electrons. The number of carbonyl (C=O) groups excluding carboxylic acids is 2. The summed E-state index contributed by atoms with van der Waals surface area (Å²) in [5, 5.41) is 8.67. The van der Waals surface area contributed by atoms with Crippen LogP contribution in [0.2, 0.25) is 0 Å². The van der Waals surface area contributed by atoms with Crippen molar-refractivity contribution in [2.45, 2.75) is 17.8 Å². The second kappa shape index (κ2) is 9.69. The summed E-state index contributed by atoms with van der Waals surface area (Å²) in [6.45, 7) is 2.34. The predicted octanol–water partition coefficient (Wildman–Crippen LogP) is 1.98. The number of aromatic nitrogens is 4. The molecule has 2 N–H and O–H groups in total. The van der Waals surface area contributed by atoms with Crippen LogP contribution in [0.5, 0.6) is 5.88 Å². The Labute approximate surface area is 171 Å². The summed E-state index contributed by atoms with van der Waals surface area (Å²) >= 11 is 1.55. The number of amides is 2. The van der Waals surface area contributed by atoms with Gasteiger partial charge in [0.25, 0.3) is 11.8 Å².